The lowest BCUT2D eigenvalue weighted by Crippen LogP contribution is -2.29. The van der Waals surface area contributed by atoms with Crippen LogP contribution in [0.2, 0.25) is 0 Å². The zero-order valence-electron chi connectivity index (χ0n) is 11.4. The van der Waals surface area contributed by atoms with Crippen molar-refractivity contribution >= 4 is 15.9 Å². The molecular formula is C16H14BrFN2O. The first-order valence-electron chi connectivity index (χ1n) is 6.38. The Labute approximate surface area is 131 Å². The van der Waals surface area contributed by atoms with Crippen LogP contribution >= 0.6 is 15.9 Å². The molecule has 5 heteroatoms. The van der Waals surface area contributed by atoms with E-state index >= 15 is 0 Å². The van der Waals surface area contributed by atoms with E-state index in [1.165, 1.54) is 12.1 Å². The molecule has 0 aliphatic heterocycles. The van der Waals surface area contributed by atoms with Crippen molar-refractivity contribution in [2.45, 2.75) is 19.1 Å². The fourth-order valence-electron chi connectivity index (χ4n) is 1.93. The smallest absolute Gasteiger partial charge is 0.166 e. The molecule has 0 saturated heterocycles. The second-order valence-corrected chi connectivity index (χ2v) is 5.62. The molecule has 2 rings (SSSR count). The summed E-state index contributed by atoms with van der Waals surface area (Å²) in [6.07, 6.45) is -0.472. The summed E-state index contributed by atoms with van der Waals surface area (Å²) in [6.45, 7) is 1.80. The largest absolute Gasteiger partial charge is 0.481 e. The number of benzene rings is 2. The molecule has 0 aliphatic rings. The molecule has 3 nitrogen and oxygen atoms in total. The maximum atomic E-state index is 13.9. The fraction of sp³-hybridized carbons (Fsp3) is 0.188. The summed E-state index contributed by atoms with van der Waals surface area (Å²) in [4.78, 5) is 0. The average molecular weight is 349 g/mol. The van der Waals surface area contributed by atoms with E-state index in [4.69, 9.17) is 15.7 Å². The minimum absolute atomic E-state index is 0.0826. The molecule has 2 aromatic rings. The van der Waals surface area contributed by atoms with E-state index in [2.05, 4.69) is 15.9 Å². The molecule has 108 valence electrons. The van der Waals surface area contributed by atoms with Crippen molar-refractivity contribution in [1.29, 1.82) is 5.26 Å². The Balaban J connectivity index is 2.29. The Hall–Kier alpha value is -1.90. The summed E-state index contributed by atoms with van der Waals surface area (Å²) < 4.78 is 20.6. The molecule has 0 aromatic heterocycles. The maximum absolute atomic E-state index is 13.9. The highest BCUT2D eigenvalue weighted by Gasteiger charge is 2.20. The lowest BCUT2D eigenvalue weighted by atomic mass is 10.0. The third-order valence-electron chi connectivity index (χ3n) is 2.99. The summed E-state index contributed by atoms with van der Waals surface area (Å²) in [5, 5.41) is 8.75. The highest BCUT2D eigenvalue weighted by atomic mass is 79.9. The molecule has 0 heterocycles. The van der Waals surface area contributed by atoms with E-state index in [0.717, 1.165) is 16.1 Å². The van der Waals surface area contributed by atoms with Gasteiger partial charge in [0.05, 0.1) is 11.6 Å². The van der Waals surface area contributed by atoms with Gasteiger partial charge in [-0.3, -0.25) is 0 Å². The number of rotatable bonds is 4. The number of ether oxygens (including phenoxy) is 1. The van der Waals surface area contributed by atoms with Crippen LogP contribution in [0.5, 0.6) is 5.75 Å². The quantitative estimate of drug-likeness (QED) is 0.910. The van der Waals surface area contributed by atoms with Crippen molar-refractivity contribution in [2.24, 2.45) is 5.73 Å². The fourth-order valence-corrected chi connectivity index (χ4v) is 2.20. The lowest BCUT2D eigenvalue weighted by Gasteiger charge is -2.23. The van der Waals surface area contributed by atoms with Crippen LogP contribution in [0.25, 0.3) is 0 Å². The Morgan fingerprint density at radius 1 is 1.24 bits per heavy atom. The number of hydrogen-bond donors (Lipinski definition) is 1. The second kappa shape index (κ2) is 6.70. The van der Waals surface area contributed by atoms with Crippen molar-refractivity contribution < 1.29 is 9.13 Å². The second-order valence-electron chi connectivity index (χ2n) is 4.71. The summed E-state index contributed by atoms with van der Waals surface area (Å²) in [5.74, 6) is -0.490. The highest BCUT2D eigenvalue weighted by Crippen LogP contribution is 2.27. The monoisotopic (exact) mass is 348 g/mol. The van der Waals surface area contributed by atoms with Crippen LogP contribution in [0.4, 0.5) is 4.39 Å². The van der Waals surface area contributed by atoms with Crippen LogP contribution in [-0.2, 0) is 0 Å². The van der Waals surface area contributed by atoms with Gasteiger partial charge in [-0.15, -0.1) is 0 Å². The molecule has 2 N–H and O–H groups in total. The first-order valence-corrected chi connectivity index (χ1v) is 7.18. The molecule has 0 spiro atoms. The van der Waals surface area contributed by atoms with E-state index in [1.807, 2.05) is 30.3 Å². The van der Waals surface area contributed by atoms with Crippen LogP contribution in [-0.4, -0.2) is 6.04 Å². The van der Waals surface area contributed by atoms with Gasteiger partial charge in [-0.05, 0) is 42.8 Å². The van der Waals surface area contributed by atoms with Crippen molar-refractivity contribution in [3.63, 3.8) is 0 Å². The minimum Gasteiger partial charge on any atom is -0.481 e. The summed E-state index contributed by atoms with van der Waals surface area (Å²) in [6, 6.07) is 13.2. The average Bonchev–Trinajstić information content (AvgIpc) is 2.46. The van der Waals surface area contributed by atoms with Gasteiger partial charge in [0.15, 0.2) is 11.6 Å². The molecule has 0 bridgehead atoms. The Bertz CT molecular complexity index is 665. The molecule has 0 aliphatic carbocycles. The predicted octanol–water partition coefficient (Wildman–Crippen LogP) is 3.93. The van der Waals surface area contributed by atoms with Crippen molar-refractivity contribution in [1.82, 2.24) is 0 Å². The van der Waals surface area contributed by atoms with Gasteiger partial charge in [0.25, 0.3) is 0 Å². The van der Waals surface area contributed by atoms with Gasteiger partial charge < -0.3 is 10.5 Å². The first-order chi connectivity index (χ1) is 10.0. The molecule has 21 heavy (non-hydrogen) atoms. The van der Waals surface area contributed by atoms with Gasteiger partial charge in [0.2, 0.25) is 0 Å². The zero-order chi connectivity index (χ0) is 15.4. The molecule has 2 aromatic carbocycles. The Kier molecular flexibility index (Phi) is 4.94. The number of hydrogen-bond acceptors (Lipinski definition) is 3. The van der Waals surface area contributed by atoms with E-state index in [-0.39, 0.29) is 17.4 Å². The first kappa shape index (κ1) is 15.5. The molecular weight excluding hydrogens is 335 g/mol. The molecule has 0 amide bonds. The number of halogens is 2. The summed E-state index contributed by atoms with van der Waals surface area (Å²) >= 11 is 3.36. The van der Waals surface area contributed by atoms with Gasteiger partial charge in [-0.25, -0.2) is 4.39 Å². The van der Waals surface area contributed by atoms with E-state index in [0.29, 0.717) is 0 Å². The van der Waals surface area contributed by atoms with E-state index < -0.39 is 11.9 Å². The van der Waals surface area contributed by atoms with Crippen LogP contribution in [0.1, 0.15) is 24.2 Å². The van der Waals surface area contributed by atoms with E-state index in [9.17, 15) is 4.39 Å². The van der Waals surface area contributed by atoms with Gasteiger partial charge in [-0.2, -0.15) is 5.26 Å². The standard InChI is InChI=1S/C16H14BrFN2O/c1-10(20)16(12-3-5-13(17)6-4-12)21-15-7-2-11(9-19)8-14(15)18/h2-8,10,16H,20H2,1H3. The van der Waals surface area contributed by atoms with Crippen molar-refractivity contribution in [2.75, 3.05) is 0 Å². The molecule has 2 unspecified atom stereocenters. The SMILES string of the molecule is CC(N)C(Oc1ccc(C#N)cc1F)c1ccc(Br)cc1. The Morgan fingerprint density at radius 3 is 2.43 bits per heavy atom. The highest BCUT2D eigenvalue weighted by molar-refractivity contribution is 9.10. The van der Waals surface area contributed by atoms with E-state index in [1.54, 1.807) is 6.92 Å². The third kappa shape index (κ3) is 3.81. The van der Waals surface area contributed by atoms with Gasteiger partial charge in [0.1, 0.15) is 6.10 Å². The summed E-state index contributed by atoms with van der Waals surface area (Å²) in [7, 11) is 0. The van der Waals surface area contributed by atoms with Gasteiger partial charge in [-0.1, -0.05) is 28.1 Å². The van der Waals surface area contributed by atoms with Gasteiger partial charge >= 0.3 is 0 Å². The predicted molar refractivity (Wildman–Crippen MR) is 82.3 cm³/mol. The zero-order valence-corrected chi connectivity index (χ0v) is 13.0. The normalized spacial score (nSPS) is 13.3. The minimum atomic E-state index is -0.572. The Morgan fingerprint density at radius 2 is 1.90 bits per heavy atom. The third-order valence-corrected chi connectivity index (χ3v) is 3.52. The maximum Gasteiger partial charge on any atom is 0.166 e. The number of nitriles is 1. The molecule has 0 fully saturated rings. The molecule has 0 radical (unpaired) electrons. The van der Waals surface area contributed by atoms with Crippen LogP contribution < -0.4 is 10.5 Å². The van der Waals surface area contributed by atoms with Gasteiger partial charge in [0, 0.05) is 10.5 Å². The molecule has 0 saturated carbocycles. The van der Waals surface area contributed by atoms with Crippen LogP contribution in [0.15, 0.2) is 46.9 Å². The lowest BCUT2D eigenvalue weighted by molar-refractivity contribution is 0.172. The topological polar surface area (TPSA) is 59.0 Å². The molecule has 2 atom stereocenters. The van der Waals surface area contributed by atoms with Crippen LogP contribution in [0, 0.1) is 17.1 Å². The summed E-state index contributed by atoms with van der Waals surface area (Å²) in [5.41, 5.74) is 7.06. The van der Waals surface area contributed by atoms with Crippen molar-refractivity contribution in [3.8, 4) is 11.8 Å². The van der Waals surface area contributed by atoms with Crippen LogP contribution in [0.3, 0.4) is 0 Å². The number of nitrogens with two attached hydrogens (primary N) is 1. The number of nitrogens with zero attached hydrogens (tertiary/aromatic N) is 1. The van der Waals surface area contributed by atoms with Crippen molar-refractivity contribution in [3.05, 3.63) is 63.9 Å².